The number of carbonyl (C=O) groups excluding carboxylic acids is 1. The van der Waals surface area contributed by atoms with Crippen LogP contribution in [0.15, 0.2) is 42.6 Å². The number of amides is 1. The van der Waals surface area contributed by atoms with Crippen molar-refractivity contribution in [3.05, 3.63) is 53.7 Å². The highest BCUT2D eigenvalue weighted by atomic mass is 16.3. The van der Waals surface area contributed by atoms with Crippen molar-refractivity contribution in [3.8, 4) is 5.75 Å². The Morgan fingerprint density at radius 3 is 2.39 bits per heavy atom. The second-order valence-electron chi connectivity index (χ2n) is 5.37. The largest absolute Gasteiger partial charge is 0.508 e. The Morgan fingerprint density at radius 2 is 1.83 bits per heavy atom. The van der Waals surface area contributed by atoms with Gasteiger partial charge in [-0.1, -0.05) is 18.2 Å². The molecule has 5 heteroatoms. The average Bonchev–Trinajstić information content (AvgIpc) is 2.58. The first-order valence-electron chi connectivity index (χ1n) is 7.80. The zero-order valence-electron chi connectivity index (χ0n) is 13.9. The Bertz CT molecular complexity index is 652. The summed E-state index contributed by atoms with van der Waals surface area (Å²) >= 11 is 0. The van der Waals surface area contributed by atoms with Crippen molar-refractivity contribution < 1.29 is 9.90 Å². The molecular weight excluding hydrogens is 290 g/mol. The van der Waals surface area contributed by atoms with Crippen molar-refractivity contribution in [2.24, 2.45) is 0 Å². The molecule has 1 aromatic heterocycles. The van der Waals surface area contributed by atoms with Gasteiger partial charge in [0.15, 0.2) is 0 Å². The molecule has 0 fully saturated rings. The van der Waals surface area contributed by atoms with Gasteiger partial charge in [-0.15, -0.1) is 0 Å². The molecule has 2 rings (SSSR count). The van der Waals surface area contributed by atoms with E-state index in [1.54, 1.807) is 42.4 Å². The van der Waals surface area contributed by atoms with Gasteiger partial charge in [0, 0.05) is 38.4 Å². The first-order valence-corrected chi connectivity index (χ1v) is 7.80. The van der Waals surface area contributed by atoms with Crippen LogP contribution in [0.1, 0.15) is 29.8 Å². The van der Waals surface area contributed by atoms with Gasteiger partial charge in [0.1, 0.15) is 11.6 Å². The summed E-state index contributed by atoms with van der Waals surface area (Å²) in [6, 6.07) is 10.7. The van der Waals surface area contributed by atoms with Gasteiger partial charge in [-0.2, -0.15) is 0 Å². The number of nitrogens with zero attached hydrogens (tertiary/aromatic N) is 3. The van der Waals surface area contributed by atoms with Gasteiger partial charge >= 0.3 is 0 Å². The number of anilines is 1. The van der Waals surface area contributed by atoms with Crippen LogP contribution >= 0.6 is 0 Å². The first-order chi connectivity index (χ1) is 11.1. The number of aromatic hydroxyl groups is 1. The number of para-hydroxylation sites is 1. The number of aromatic nitrogens is 1. The summed E-state index contributed by atoms with van der Waals surface area (Å²) in [6.45, 7) is 6.26. The molecule has 0 aliphatic heterocycles. The first kappa shape index (κ1) is 16.8. The molecule has 0 aliphatic rings. The highest BCUT2D eigenvalue weighted by Crippen LogP contribution is 2.18. The molecule has 0 unspecified atom stereocenters. The SMILES string of the molecule is CCN(CC)c1ccc(C(=O)N(C)Cc2ccccc2O)cn1. The van der Waals surface area contributed by atoms with Crippen LogP contribution in [0, 0.1) is 0 Å². The van der Waals surface area contributed by atoms with Crippen LogP contribution in [-0.2, 0) is 6.54 Å². The summed E-state index contributed by atoms with van der Waals surface area (Å²) < 4.78 is 0. The number of hydrogen-bond acceptors (Lipinski definition) is 4. The Morgan fingerprint density at radius 1 is 1.13 bits per heavy atom. The van der Waals surface area contributed by atoms with E-state index in [0.717, 1.165) is 24.5 Å². The predicted molar refractivity (Wildman–Crippen MR) is 91.7 cm³/mol. The molecule has 0 bridgehead atoms. The molecule has 1 N–H and O–H groups in total. The summed E-state index contributed by atoms with van der Waals surface area (Å²) in [6.07, 6.45) is 1.61. The van der Waals surface area contributed by atoms with Gasteiger partial charge in [0.2, 0.25) is 0 Å². The zero-order valence-corrected chi connectivity index (χ0v) is 13.9. The van der Waals surface area contributed by atoms with Gasteiger partial charge in [0.25, 0.3) is 5.91 Å². The molecule has 0 radical (unpaired) electrons. The quantitative estimate of drug-likeness (QED) is 0.891. The van der Waals surface area contributed by atoms with E-state index in [1.165, 1.54) is 0 Å². The molecule has 1 aromatic carbocycles. The maximum atomic E-state index is 12.5. The topological polar surface area (TPSA) is 56.7 Å². The number of benzene rings is 1. The van der Waals surface area contributed by atoms with E-state index in [9.17, 15) is 9.90 Å². The molecule has 122 valence electrons. The van der Waals surface area contributed by atoms with E-state index in [2.05, 4.69) is 23.7 Å². The van der Waals surface area contributed by atoms with Crippen LogP contribution in [0.2, 0.25) is 0 Å². The minimum atomic E-state index is -0.119. The molecule has 5 nitrogen and oxygen atoms in total. The van der Waals surface area contributed by atoms with Crippen LogP contribution in [-0.4, -0.2) is 41.0 Å². The minimum Gasteiger partial charge on any atom is -0.508 e. The lowest BCUT2D eigenvalue weighted by molar-refractivity contribution is 0.0784. The number of hydrogen-bond donors (Lipinski definition) is 1. The summed E-state index contributed by atoms with van der Waals surface area (Å²) in [5.74, 6) is 0.948. The van der Waals surface area contributed by atoms with Crippen molar-refractivity contribution >= 4 is 11.7 Å². The number of rotatable bonds is 6. The predicted octanol–water partition coefficient (Wildman–Crippen LogP) is 2.91. The lowest BCUT2D eigenvalue weighted by Gasteiger charge is -2.21. The maximum absolute atomic E-state index is 12.5. The molecule has 1 heterocycles. The van der Waals surface area contributed by atoms with Gasteiger partial charge < -0.3 is 14.9 Å². The average molecular weight is 313 g/mol. The molecule has 1 amide bonds. The fraction of sp³-hybridized carbons (Fsp3) is 0.333. The van der Waals surface area contributed by atoms with E-state index < -0.39 is 0 Å². The third kappa shape index (κ3) is 4.00. The van der Waals surface area contributed by atoms with Crippen LogP contribution < -0.4 is 4.90 Å². The van der Waals surface area contributed by atoms with Crippen molar-refractivity contribution in [2.45, 2.75) is 20.4 Å². The lowest BCUT2D eigenvalue weighted by Crippen LogP contribution is -2.27. The van der Waals surface area contributed by atoms with E-state index in [0.29, 0.717) is 12.1 Å². The number of pyridine rings is 1. The second kappa shape index (κ2) is 7.63. The van der Waals surface area contributed by atoms with Crippen LogP contribution in [0.3, 0.4) is 0 Å². The van der Waals surface area contributed by atoms with E-state index in [1.807, 2.05) is 12.1 Å². The molecule has 2 aromatic rings. The van der Waals surface area contributed by atoms with Gasteiger partial charge in [-0.25, -0.2) is 4.98 Å². The summed E-state index contributed by atoms with van der Waals surface area (Å²) in [5, 5.41) is 9.81. The zero-order chi connectivity index (χ0) is 16.8. The van der Waals surface area contributed by atoms with E-state index in [4.69, 9.17) is 0 Å². The van der Waals surface area contributed by atoms with Gasteiger partial charge in [-0.05, 0) is 32.0 Å². The lowest BCUT2D eigenvalue weighted by atomic mass is 10.1. The molecule has 0 saturated heterocycles. The number of phenols is 1. The Balaban J connectivity index is 2.09. The van der Waals surface area contributed by atoms with Crippen LogP contribution in [0.5, 0.6) is 5.75 Å². The Labute approximate surface area is 137 Å². The van der Waals surface area contributed by atoms with Crippen molar-refractivity contribution in [1.29, 1.82) is 0 Å². The Kier molecular flexibility index (Phi) is 5.57. The Hall–Kier alpha value is -2.56. The molecule has 0 atom stereocenters. The molecule has 0 saturated carbocycles. The smallest absolute Gasteiger partial charge is 0.255 e. The fourth-order valence-corrected chi connectivity index (χ4v) is 2.44. The normalized spacial score (nSPS) is 10.4. The molecule has 0 spiro atoms. The third-order valence-electron chi connectivity index (χ3n) is 3.83. The molecular formula is C18H23N3O2. The summed E-state index contributed by atoms with van der Waals surface area (Å²) in [7, 11) is 1.72. The summed E-state index contributed by atoms with van der Waals surface area (Å²) in [4.78, 5) is 20.5. The maximum Gasteiger partial charge on any atom is 0.255 e. The van der Waals surface area contributed by atoms with E-state index in [-0.39, 0.29) is 11.7 Å². The fourth-order valence-electron chi connectivity index (χ4n) is 2.44. The van der Waals surface area contributed by atoms with Gasteiger partial charge in [-0.3, -0.25) is 4.79 Å². The van der Waals surface area contributed by atoms with Crippen molar-refractivity contribution in [1.82, 2.24) is 9.88 Å². The van der Waals surface area contributed by atoms with Crippen molar-refractivity contribution in [2.75, 3.05) is 25.0 Å². The minimum absolute atomic E-state index is 0.119. The standard InChI is InChI=1S/C18H23N3O2/c1-4-21(5-2)17-11-10-14(12-19-17)18(23)20(3)13-15-8-6-7-9-16(15)22/h6-12,22H,4-5,13H2,1-3H3. The molecule has 23 heavy (non-hydrogen) atoms. The van der Waals surface area contributed by atoms with Crippen LogP contribution in [0.4, 0.5) is 5.82 Å². The highest BCUT2D eigenvalue weighted by Gasteiger charge is 2.14. The highest BCUT2D eigenvalue weighted by molar-refractivity contribution is 5.93. The van der Waals surface area contributed by atoms with E-state index >= 15 is 0 Å². The number of phenolic OH excluding ortho intramolecular Hbond substituents is 1. The third-order valence-corrected chi connectivity index (χ3v) is 3.83. The molecule has 0 aliphatic carbocycles. The summed E-state index contributed by atoms with van der Waals surface area (Å²) in [5.41, 5.74) is 1.26. The van der Waals surface area contributed by atoms with Gasteiger partial charge in [0.05, 0.1) is 5.56 Å². The van der Waals surface area contributed by atoms with Crippen molar-refractivity contribution in [3.63, 3.8) is 0 Å². The second-order valence-corrected chi connectivity index (χ2v) is 5.37. The monoisotopic (exact) mass is 313 g/mol. The van der Waals surface area contributed by atoms with Crippen LogP contribution in [0.25, 0.3) is 0 Å². The number of carbonyl (C=O) groups is 1.